The number of nitrogens with zero attached hydrogens (tertiary/aromatic N) is 1. The molecule has 1 saturated heterocycles. The highest BCUT2D eigenvalue weighted by Gasteiger charge is 2.22. The summed E-state index contributed by atoms with van der Waals surface area (Å²) in [6.45, 7) is 4.45. The normalized spacial score (nSPS) is 16.6. The van der Waals surface area contributed by atoms with Crippen LogP contribution >= 0.6 is 0 Å². The maximum atomic E-state index is 11.7. The molecular formula is C15H22N2O. The summed E-state index contributed by atoms with van der Waals surface area (Å²) in [5, 5.41) is 2.87. The molecule has 1 N–H and O–H groups in total. The fraction of sp³-hybridized carbons (Fsp3) is 0.533. The smallest absolute Gasteiger partial charge is 0.317 e. The SMILES string of the molecule is CCNC(=O)N1CCC(Cc2ccccc2)CC1. The van der Waals surface area contributed by atoms with Gasteiger partial charge in [0.1, 0.15) is 0 Å². The average molecular weight is 246 g/mol. The monoisotopic (exact) mass is 246 g/mol. The maximum absolute atomic E-state index is 11.7. The Balaban J connectivity index is 1.78. The van der Waals surface area contributed by atoms with Crippen molar-refractivity contribution in [2.45, 2.75) is 26.2 Å². The third-order valence-electron chi connectivity index (χ3n) is 3.60. The van der Waals surface area contributed by atoms with E-state index in [9.17, 15) is 4.79 Å². The van der Waals surface area contributed by atoms with E-state index in [0.717, 1.165) is 38.3 Å². The zero-order valence-electron chi connectivity index (χ0n) is 11.1. The standard InChI is InChI=1S/C15H22N2O/c1-2-16-15(18)17-10-8-14(9-11-17)12-13-6-4-3-5-7-13/h3-7,14H,2,8-12H2,1H3,(H,16,18). The Kier molecular flexibility index (Phi) is 4.62. The van der Waals surface area contributed by atoms with Crippen LogP contribution < -0.4 is 5.32 Å². The molecule has 18 heavy (non-hydrogen) atoms. The maximum Gasteiger partial charge on any atom is 0.317 e. The third kappa shape index (κ3) is 3.49. The van der Waals surface area contributed by atoms with Gasteiger partial charge in [-0.05, 0) is 37.7 Å². The van der Waals surface area contributed by atoms with Gasteiger partial charge in [-0.15, -0.1) is 0 Å². The van der Waals surface area contributed by atoms with Crippen molar-refractivity contribution in [2.24, 2.45) is 5.92 Å². The molecule has 0 spiro atoms. The number of nitrogens with one attached hydrogen (secondary N) is 1. The second-order valence-electron chi connectivity index (χ2n) is 4.96. The van der Waals surface area contributed by atoms with Crippen LogP contribution in [0, 0.1) is 5.92 Å². The second-order valence-corrected chi connectivity index (χ2v) is 4.96. The first-order chi connectivity index (χ1) is 8.79. The van der Waals surface area contributed by atoms with Crippen molar-refractivity contribution in [3.63, 3.8) is 0 Å². The molecule has 98 valence electrons. The number of amides is 2. The van der Waals surface area contributed by atoms with E-state index >= 15 is 0 Å². The van der Waals surface area contributed by atoms with E-state index in [2.05, 4.69) is 35.6 Å². The number of carbonyl (C=O) groups is 1. The Hall–Kier alpha value is -1.51. The van der Waals surface area contributed by atoms with Crippen molar-refractivity contribution >= 4 is 6.03 Å². The van der Waals surface area contributed by atoms with Crippen molar-refractivity contribution < 1.29 is 4.79 Å². The molecule has 0 unspecified atom stereocenters. The topological polar surface area (TPSA) is 32.3 Å². The van der Waals surface area contributed by atoms with E-state index in [-0.39, 0.29) is 6.03 Å². The van der Waals surface area contributed by atoms with Crippen LogP contribution in [0.3, 0.4) is 0 Å². The zero-order chi connectivity index (χ0) is 12.8. The van der Waals surface area contributed by atoms with Gasteiger partial charge < -0.3 is 10.2 Å². The number of urea groups is 1. The first-order valence-corrected chi connectivity index (χ1v) is 6.86. The molecule has 0 aliphatic carbocycles. The van der Waals surface area contributed by atoms with Gasteiger partial charge in [0.15, 0.2) is 0 Å². The molecule has 0 bridgehead atoms. The van der Waals surface area contributed by atoms with Crippen molar-refractivity contribution in [3.05, 3.63) is 35.9 Å². The van der Waals surface area contributed by atoms with Crippen LogP contribution in [0.15, 0.2) is 30.3 Å². The van der Waals surface area contributed by atoms with E-state index < -0.39 is 0 Å². The van der Waals surface area contributed by atoms with Gasteiger partial charge in [0, 0.05) is 19.6 Å². The lowest BCUT2D eigenvalue weighted by atomic mass is 9.90. The molecule has 1 aromatic rings. The van der Waals surface area contributed by atoms with Crippen LogP contribution in [0.5, 0.6) is 0 Å². The number of hydrogen-bond acceptors (Lipinski definition) is 1. The highest BCUT2D eigenvalue weighted by molar-refractivity contribution is 5.74. The predicted molar refractivity (Wildman–Crippen MR) is 73.5 cm³/mol. The minimum atomic E-state index is 0.0932. The summed E-state index contributed by atoms with van der Waals surface area (Å²) in [7, 11) is 0. The summed E-state index contributed by atoms with van der Waals surface area (Å²) in [5.41, 5.74) is 1.41. The molecule has 1 aliphatic heterocycles. The lowest BCUT2D eigenvalue weighted by Gasteiger charge is -2.32. The number of likely N-dealkylation sites (tertiary alicyclic amines) is 1. The Morgan fingerprint density at radius 2 is 1.94 bits per heavy atom. The Morgan fingerprint density at radius 1 is 1.28 bits per heavy atom. The van der Waals surface area contributed by atoms with E-state index in [0.29, 0.717) is 6.54 Å². The Morgan fingerprint density at radius 3 is 2.56 bits per heavy atom. The van der Waals surface area contributed by atoms with Crippen molar-refractivity contribution in [1.82, 2.24) is 10.2 Å². The number of rotatable bonds is 3. The molecule has 0 radical (unpaired) electrons. The molecule has 3 heteroatoms. The van der Waals surface area contributed by atoms with Crippen LogP contribution in [-0.4, -0.2) is 30.6 Å². The first-order valence-electron chi connectivity index (χ1n) is 6.86. The summed E-state index contributed by atoms with van der Waals surface area (Å²) in [5.74, 6) is 0.720. The van der Waals surface area contributed by atoms with Gasteiger partial charge in [-0.25, -0.2) is 4.79 Å². The van der Waals surface area contributed by atoms with E-state index in [4.69, 9.17) is 0 Å². The molecule has 1 fully saturated rings. The molecule has 3 nitrogen and oxygen atoms in total. The molecule has 0 atom stereocenters. The van der Waals surface area contributed by atoms with Gasteiger partial charge >= 0.3 is 6.03 Å². The molecule has 2 rings (SSSR count). The largest absolute Gasteiger partial charge is 0.338 e. The summed E-state index contributed by atoms with van der Waals surface area (Å²) in [4.78, 5) is 13.6. The number of hydrogen-bond donors (Lipinski definition) is 1. The molecule has 1 aromatic carbocycles. The number of carbonyl (C=O) groups excluding carboxylic acids is 1. The predicted octanol–water partition coefficient (Wildman–Crippen LogP) is 2.67. The highest BCUT2D eigenvalue weighted by Crippen LogP contribution is 2.21. The van der Waals surface area contributed by atoms with Crippen LogP contribution in [0.2, 0.25) is 0 Å². The lowest BCUT2D eigenvalue weighted by molar-refractivity contribution is 0.171. The van der Waals surface area contributed by atoms with Crippen LogP contribution in [0.1, 0.15) is 25.3 Å². The van der Waals surface area contributed by atoms with Gasteiger partial charge in [-0.1, -0.05) is 30.3 Å². The van der Waals surface area contributed by atoms with Crippen LogP contribution in [-0.2, 0) is 6.42 Å². The lowest BCUT2D eigenvalue weighted by Crippen LogP contribution is -2.44. The van der Waals surface area contributed by atoms with Gasteiger partial charge in [0.05, 0.1) is 0 Å². The second kappa shape index (κ2) is 6.43. The van der Waals surface area contributed by atoms with E-state index in [1.54, 1.807) is 0 Å². The summed E-state index contributed by atoms with van der Waals surface area (Å²) >= 11 is 0. The van der Waals surface area contributed by atoms with Gasteiger partial charge in [-0.2, -0.15) is 0 Å². The molecule has 0 aromatic heterocycles. The molecule has 1 heterocycles. The molecule has 1 aliphatic rings. The number of piperidine rings is 1. The van der Waals surface area contributed by atoms with Gasteiger partial charge in [0.25, 0.3) is 0 Å². The summed E-state index contributed by atoms with van der Waals surface area (Å²) in [6, 6.07) is 10.7. The molecule has 2 amide bonds. The van der Waals surface area contributed by atoms with E-state index in [1.807, 2.05) is 11.8 Å². The van der Waals surface area contributed by atoms with Crippen LogP contribution in [0.4, 0.5) is 4.79 Å². The average Bonchev–Trinajstić information content (AvgIpc) is 2.41. The minimum Gasteiger partial charge on any atom is -0.338 e. The Bertz CT molecular complexity index is 369. The third-order valence-corrected chi connectivity index (χ3v) is 3.60. The van der Waals surface area contributed by atoms with Crippen molar-refractivity contribution in [1.29, 1.82) is 0 Å². The first kappa shape index (κ1) is 12.9. The Labute approximate surface area is 109 Å². The van der Waals surface area contributed by atoms with Crippen LogP contribution in [0.25, 0.3) is 0 Å². The van der Waals surface area contributed by atoms with Gasteiger partial charge in [0.2, 0.25) is 0 Å². The minimum absolute atomic E-state index is 0.0932. The quantitative estimate of drug-likeness (QED) is 0.873. The molecular weight excluding hydrogens is 224 g/mol. The fourth-order valence-electron chi connectivity index (χ4n) is 2.55. The van der Waals surface area contributed by atoms with Gasteiger partial charge in [-0.3, -0.25) is 0 Å². The van der Waals surface area contributed by atoms with E-state index in [1.165, 1.54) is 5.56 Å². The van der Waals surface area contributed by atoms with Crippen molar-refractivity contribution in [2.75, 3.05) is 19.6 Å². The zero-order valence-corrected chi connectivity index (χ0v) is 11.1. The number of benzene rings is 1. The highest BCUT2D eigenvalue weighted by atomic mass is 16.2. The van der Waals surface area contributed by atoms with Crippen molar-refractivity contribution in [3.8, 4) is 0 Å². The molecule has 0 saturated carbocycles. The summed E-state index contributed by atoms with van der Waals surface area (Å²) in [6.07, 6.45) is 3.38. The fourth-order valence-corrected chi connectivity index (χ4v) is 2.55. The summed E-state index contributed by atoms with van der Waals surface area (Å²) < 4.78 is 0.